The predicted molar refractivity (Wildman–Crippen MR) is 55.9 cm³/mol. The van der Waals surface area contributed by atoms with Gasteiger partial charge in [-0.05, 0) is 6.92 Å². The normalized spacial score (nSPS) is 11.8. The van der Waals surface area contributed by atoms with Crippen molar-refractivity contribution in [3.05, 3.63) is 28.5 Å². The van der Waals surface area contributed by atoms with Crippen molar-refractivity contribution >= 4 is 17.3 Å². The van der Waals surface area contributed by atoms with Gasteiger partial charge in [0.15, 0.2) is 5.69 Å². The second kappa shape index (κ2) is 4.09. The molecule has 0 aliphatic rings. The molecular formula is C9H6F3N3O2S. The van der Waals surface area contributed by atoms with Crippen LogP contribution >= 0.6 is 11.3 Å². The summed E-state index contributed by atoms with van der Waals surface area (Å²) in [6, 6.07) is 0. The Kier molecular flexibility index (Phi) is 2.85. The number of carbonyl (C=O) groups is 1. The number of aromatic carboxylic acids is 1. The van der Waals surface area contributed by atoms with Gasteiger partial charge in [0, 0.05) is 5.38 Å². The molecule has 0 fully saturated rings. The maximum atomic E-state index is 12.8. The van der Waals surface area contributed by atoms with Gasteiger partial charge in [-0.3, -0.25) is 0 Å². The van der Waals surface area contributed by atoms with E-state index in [9.17, 15) is 18.0 Å². The van der Waals surface area contributed by atoms with Crippen molar-refractivity contribution in [3.8, 4) is 5.13 Å². The summed E-state index contributed by atoms with van der Waals surface area (Å²) >= 11 is 0.954. The molecule has 96 valence electrons. The summed E-state index contributed by atoms with van der Waals surface area (Å²) < 4.78 is 39.0. The second-order valence-electron chi connectivity index (χ2n) is 3.39. The van der Waals surface area contributed by atoms with Crippen LogP contribution < -0.4 is 0 Å². The van der Waals surface area contributed by atoms with Gasteiger partial charge < -0.3 is 5.11 Å². The zero-order valence-corrected chi connectivity index (χ0v) is 9.71. The zero-order valence-electron chi connectivity index (χ0n) is 8.89. The molecule has 9 heteroatoms. The van der Waals surface area contributed by atoms with Crippen LogP contribution in [-0.2, 0) is 6.18 Å². The second-order valence-corrected chi connectivity index (χ2v) is 4.23. The SMILES string of the molecule is Cc1csc(-n2ncc(C(=O)O)c2C(F)(F)F)n1. The molecule has 2 aromatic rings. The average Bonchev–Trinajstić information content (AvgIpc) is 2.80. The van der Waals surface area contributed by atoms with E-state index in [1.54, 1.807) is 12.3 Å². The van der Waals surface area contributed by atoms with E-state index in [0.717, 1.165) is 11.3 Å². The fraction of sp³-hybridized carbons (Fsp3) is 0.222. The summed E-state index contributed by atoms with van der Waals surface area (Å²) in [6.45, 7) is 1.62. The standard InChI is InChI=1S/C9H6F3N3O2S/c1-4-3-18-8(14-4)15-6(9(10,11)12)5(2-13-15)7(16)17/h2-3H,1H3,(H,16,17). The summed E-state index contributed by atoms with van der Waals surface area (Å²) in [5, 5.41) is 13.7. The molecule has 0 saturated heterocycles. The number of hydrogen-bond acceptors (Lipinski definition) is 4. The Morgan fingerprint density at radius 2 is 2.17 bits per heavy atom. The maximum absolute atomic E-state index is 12.8. The molecule has 0 aliphatic heterocycles. The molecule has 0 amide bonds. The van der Waals surface area contributed by atoms with Crippen LogP contribution in [-0.4, -0.2) is 25.8 Å². The highest BCUT2D eigenvalue weighted by molar-refractivity contribution is 7.12. The topological polar surface area (TPSA) is 68.0 Å². The molecule has 1 N–H and O–H groups in total. The Balaban J connectivity index is 2.66. The van der Waals surface area contributed by atoms with Crippen LogP contribution in [0.4, 0.5) is 13.2 Å². The van der Waals surface area contributed by atoms with Gasteiger partial charge in [0.2, 0.25) is 5.13 Å². The number of carboxylic acids is 1. The molecule has 0 aliphatic carbocycles. The van der Waals surface area contributed by atoms with Crippen molar-refractivity contribution in [1.82, 2.24) is 14.8 Å². The average molecular weight is 277 g/mol. The van der Waals surface area contributed by atoms with Gasteiger partial charge in [0.25, 0.3) is 0 Å². The lowest BCUT2D eigenvalue weighted by molar-refractivity contribution is -0.143. The minimum Gasteiger partial charge on any atom is -0.478 e. The van der Waals surface area contributed by atoms with Crippen LogP contribution in [0.2, 0.25) is 0 Å². The first-order valence-corrected chi connectivity index (χ1v) is 5.49. The molecule has 0 bridgehead atoms. The number of aromatic nitrogens is 3. The van der Waals surface area contributed by atoms with Crippen LogP contribution in [0.25, 0.3) is 5.13 Å². The van der Waals surface area contributed by atoms with Crippen LogP contribution in [0, 0.1) is 6.92 Å². The molecule has 2 heterocycles. The highest BCUT2D eigenvalue weighted by Gasteiger charge is 2.41. The van der Waals surface area contributed by atoms with Crippen molar-refractivity contribution in [2.75, 3.05) is 0 Å². The third-order valence-corrected chi connectivity index (χ3v) is 2.99. The number of alkyl halides is 3. The van der Waals surface area contributed by atoms with Crippen molar-refractivity contribution in [3.63, 3.8) is 0 Å². The van der Waals surface area contributed by atoms with E-state index in [1.165, 1.54) is 0 Å². The lowest BCUT2D eigenvalue weighted by Gasteiger charge is -2.08. The van der Waals surface area contributed by atoms with Crippen molar-refractivity contribution in [2.24, 2.45) is 0 Å². The number of nitrogens with zero attached hydrogens (tertiary/aromatic N) is 3. The minimum absolute atomic E-state index is 0.0210. The van der Waals surface area contributed by atoms with Crippen molar-refractivity contribution in [2.45, 2.75) is 13.1 Å². The quantitative estimate of drug-likeness (QED) is 0.915. The maximum Gasteiger partial charge on any atom is 0.434 e. The lowest BCUT2D eigenvalue weighted by atomic mass is 10.2. The van der Waals surface area contributed by atoms with Gasteiger partial charge in [0.05, 0.1) is 11.9 Å². The van der Waals surface area contributed by atoms with E-state index in [2.05, 4.69) is 10.1 Å². The first-order valence-electron chi connectivity index (χ1n) is 4.61. The van der Waals surface area contributed by atoms with E-state index >= 15 is 0 Å². The molecule has 2 rings (SSSR count). The molecule has 0 atom stereocenters. The Morgan fingerprint density at radius 1 is 1.50 bits per heavy atom. The Bertz CT molecular complexity index is 602. The summed E-state index contributed by atoms with van der Waals surface area (Å²) in [6.07, 6.45) is -4.15. The predicted octanol–water partition coefficient (Wildman–Crippen LogP) is 2.35. The van der Waals surface area contributed by atoms with Crippen LogP contribution in [0.15, 0.2) is 11.6 Å². The van der Waals surface area contributed by atoms with Gasteiger partial charge in [-0.2, -0.15) is 18.3 Å². The molecule has 0 saturated carbocycles. The summed E-state index contributed by atoms with van der Waals surface area (Å²) in [5.41, 5.74) is -1.68. The first-order chi connectivity index (χ1) is 8.30. The molecule has 2 aromatic heterocycles. The minimum atomic E-state index is -4.82. The molecule has 0 unspecified atom stereocenters. The highest BCUT2D eigenvalue weighted by Crippen LogP contribution is 2.34. The number of aryl methyl sites for hydroxylation is 1. The van der Waals surface area contributed by atoms with Gasteiger partial charge in [-0.15, -0.1) is 11.3 Å². The molecule has 5 nitrogen and oxygen atoms in total. The van der Waals surface area contributed by atoms with Gasteiger partial charge in [-0.25, -0.2) is 14.5 Å². The van der Waals surface area contributed by atoms with Crippen molar-refractivity contribution in [1.29, 1.82) is 0 Å². The van der Waals surface area contributed by atoms with E-state index < -0.39 is 23.4 Å². The van der Waals surface area contributed by atoms with Gasteiger partial charge >= 0.3 is 12.1 Å². The Morgan fingerprint density at radius 3 is 2.61 bits per heavy atom. The van der Waals surface area contributed by atoms with E-state index in [-0.39, 0.29) is 5.13 Å². The zero-order chi connectivity index (χ0) is 13.5. The summed E-state index contributed by atoms with van der Waals surface area (Å²) in [5.74, 6) is -1.68. The van der Waals surface area contributed by atoms with Crippen molar-refractivity contribution < 1.29 is 23.1 Å². The Hall–Kier alpha value is -1.90. The van der Waals surface area contributed by atoms with E-state index in [0.29, 0.717) is 16.6 Å². The third-order valence-electron chi connectivity index (χ3n) is 2.06. The van der Waals surface area contributed by atoms with Crippen LogP contribution in [0.3, 0.4) is 0 Å². The smallest absolute Gasteiger partial charge is 0.434 e. The number of carboxylic acid groups (broad SMARTS) is 1. The molecule has 0 aromatic carbocycles. The third kappa shape index (κ3) is 2.08. The van der Waals surface area contributed by atoms with Crippen LogP contribution in [0.5, 0.6) is 0 Å². The fourth-order valence-corrected chi connectivity index (χ4v) is 2.13. The van der Waals surface area contributed by atoms with E-state index in [1.807, 2.05) is 0 Å². The first kappa shape index (κ1) is 12.6. The lowest BCUT2D eigenvalue weighted by Crippen LogP contribution is -2.17. The number of thiazole rings is 1. The summed E-state index contributed by atoms with van der Waals surface area (Å²) in [4.78, 5) is 14.6. The van der Waals surface area contributed by atoms with Crippen LogP contribution in [0.1, 0.15) is 21.7 Å². The Labute approximate surface area is 103 Å². The molecule has 18 heavy (non-hydrogen) atoms. The van der Waals surface area contributed by atoms with Gasteiger partial charge in [-0.1, -0.05) is 0 Å². The molecule has 0 spiro atoms. The number of halogens is 3. The fourth-order valence-electron chi connectivity index (χ4n) is 1.36. The number of hydrogen-bond donors (Lipinski definition) is 1. The molecule has 0 radical (unpaired) electrons. The largest absolute Gasteiger partial charge is 0.478 e. The highest BCUT2D eigenvalue weighted by atomic mass is 32.1. The monoisotopic (exact) mass is 277 g/mol. The van der Waals surface area contributed by atoms with Gasteiger partial charge in [0.1, 0.15) is 5.56 Å². The van der Waals surface area contributed by atoms with E-state index in [4.69, 9.17) is 5.11 Å². The molecular weight excluding hydrogens is 271 g/mol. The summed E-state index contributed by atoms with van der Waals surface area (Å²) in [7, 11) is 0. The number of rotatable bonds is 2.